The number of hydrogen-bond donors (Lipinski definition) is 4. The molecule has 3 aromatic carbocycles. The van der Waals surface area contributed by atoms with E-state index in [4.69, 9.17) is 33.2 Å². The first-order valence-corrected chi connectivity index (χ1v) is 17.6. The van der Waals surface area contributed by atoms with E-state index in [0.29, 0.717) is 26.1 Å². The molecule has 11 heteroatoms. The second-order valence-corrected chi connectivity index (χ2v) is 13.3. The SMILES string of the molecule is CC1OC(OC2CCCCC2OC2OC(CO)C(O)C(O)C2O)C(OCc2ccccc2)C(OCc2ccccc2)C1OCc1ccccc1. The molecule has 0 spiro atoms. The van der Waals surface area contributed by atoms with Crippen LogP contribution in [0.15, 0.2) is 91.0 Å². The summed E-state index contributed by atoms with van der Waals surface area (Å²) in [4.78, 5) is 0. The van der Waals surface area contributed by atoms with E-state index < -0.39 is 80.2 Å². The normalized spacial score (nSPS) is 34.7. The van der Waals surface area contributed by atoms with E-state index in [1.807, 2.05) is 97.9 Å². The minimum atomic E-state index is -1.54. The number of aliphatic hydroxyl groups is 4. The summed E-state index contributed by atoms with van der Waals surface area (Å²) in [5.74, 6) is 0. The molecule has 1 aliphatic carbocycles. The van der Waals surface area contributed by atoms with Crippen molar-refractivity contribution in [2.75, 3.05) is 6.61 Å². The maximum absolute atomic E-state index is 10.7. The molecule has 2 heterocycles. The van der Waals surface area contributed by atoms with Crippen LogP contribution in [0.3, 0.4) is 0 Å². The lowest BCUT2D eigenvalue weighted by Crippen LogP contribution is -2.62. The Labute approximate surface area is 293 Å². The Hall–Kier alpha value is -2.78. The molecule has 2 aliphatic heterocycles. The Kier molecular flexibility index (Phi) is 13.4. The highest BCUT2D eigenvalue weighted by atomic mass is 16.7. The van der Waals surface area contributed by atoms with Crippen molar-refractivity contribution in [3.8, 4) is 0 Å². The van der Waals surface area contributed by atoms with Crippen molar-refractivity contribution in [2.45, 2.75) is 126 Å². The molecule has 50 heavy (non-hydrogen) atoms. The first kappa shape index (κ1) is 37.0. The van der Waals surface area contributed by atoms with Gasteiger partial charge in [0.2, 0.25) is 0 Å². The van der Waals surface area contributed by atoms with Gasteiger partial charge in [0.1, 0.15) is 42.7 Å². The fourth-order valence-electron chi connectivity index (χ4n) is 6.88. The number of ether oxygens (including phenoxy) is 7. The van der Waals surface area contributed by atoms with Crippen LogP contribution in [0.5, 0.6) is 0 Å². The van der Waals surface area contributed by atoms with E-state index in [2.05, 4.69) is 0 Å². The maximum atomic E-state index is 10.7. The lowest BCUT2D eigenvalue weighted by atomic mass is 9.93. The van der Waals surface area contributed by atoms with Crippen molar-refractivity contribution in [3.63, 3.8) is 0 Å². The van der Waals surface area contributed by atoms with Gasteiger partial charge in [-0.05, 0) is 36.5 Å². The number of rotatable bonds is 14. The van der Waals surface area contributed by atoms with Crippen LogP contribution in [0.4, 0.5) is 0 Å². The van der Waals surface area contributed by atoms with Gasteiger partial charge < -0.3 is 53.6 Å². The summed E-state index contributed by atoms with van der Waals surface area (Å²) in [5, 5.41) is 41.1. The smallest absolute Gasteiger partial charge is 0.187 e. The quantitative estimate of drug-likeness (QED) is 0.196. The van der Waals surface area contributed by atoms with E-state index in [9.17, 15) is 20.4 Å². The third-order valence-electron chi connectivity index (χ3n) is 9.69. The Bertz CT molecular complexity index is 1400. The van der Waals surface area contributed by atoms with Crippen LogP contribution >= 0.6 is 0 Å². The molecule has 272 valence electrons. The van der Waals surface area contributed by atoms with Crippen molar-refractivity contribution < 1.29 is 53.6 Å². The molecule has 0 bridgehead atoms. The monoisotopic (exact) mass is 694 g/mol. The van der Waals surface area contributed by atoms with Gasteiger partial charge in [0.25, 0.3) is 0 Å². The summed E-state index contributed by atoms with van der Waals surface area (Å²) in [6, 6.07) is 29.8. The average Bonchev–Trinajstić information content (AvgIpc) is 3.15. The van der Waals surface area contributed by atoms with Gasteiger partial charge in [0.05, 0.1) is 44.7 Å². The second kappa shape index (κ2) is 18.1. The summed E-state index contributed by atoms with van der Waals surface area (Å²) in [5.41, 5.74) is 3.01. The van der Waals surface area contributed by atoms with Gasteiger partial charge in [-0.2, -0.15) is 0 Å². The Morgan fingerprint density at radius 2 is 1.02 bits per heavy atom. The number of benzene rings is 3. The molecule has 0 radical (unpaired) electrons. The molecule has 3 aromatic rings. The molecule has 0 aromatic heterocycles. The summed E-state index contributed by atoms with van der Waals surface area (Å²) in [6.07, 6.45) is -7.97. The van der Waals surface area contributed by atoms with E-state index in [1.54, 1.807) is 0 Å². The molecule has 12 atom stereocenters. The van der Waals surface area contributed by atoms with Gasteiger partial charge in [-0.3, -0.25) is 0 Å². The highest BCUT2D eigenvalue weighted by molar-refractivity contribution is 5.15. The minimum Gasteiger partial charge on any atom is -0.394 e. The topological polar surface area (TPSA) is 146 Å². The number of hydrogen-bond acceptors (Lipinski definition) is 11. The summed E-state index contributed by atoms with van der Waals surface area (Å²) < 4.78 is 45.2. The third kappa shape index (κ3) is 9.36. The molecule has 2 saturated heterocycles. The van der Waals surface area contributed by atoms with E-state index in [1.165, 1.54) is 0 Å². The molecule has 3 fully saturated rings. The van der Waals surface area contributed by atoms with Crippen LogP contribution in [0, 0.1) is 0 Å². The van der Waals surface area contributed by atoms with Crippen molar-refractivity contribution in [2.24, 2.45) is 0 Å². The fraction of sp³-hybridized carbons (Fsp3) is 0.538. The highest BCUT2D eigenvalue weighted by Gasteiger charge is 2.50. The van der Waals surface area contributed by atoms with Crippen molar-refractivity contribution in [1.82, 2.24) is 0 Å². The molecular formula is C39H50O11. The molecule has 0 amide bonds. The molecule has 12 unspecified atom stereocenters. The summed E-state index contributed by atoms with van der Waals surface area (Å²) in [7, 11) is 0. The van der Waals surface area contributed by atoms with Crippen molar-refractivity contribution in [3.05, 3.63) is 108 Å². The second-order valence-electron chi connectivity index (χ2n) is 13.3. The largest absolute Gasteiger partial charge is 0.394 e. The van der Waals surface area contributed by atoms with Crippen LogP contribution in [-0.4, -0.2) is 101 Å². The van der Waals surface area contributed by atoms with Crippen LogP contribution in [0.2, 0.25) is 0 Å². The van der Waals surface area contributed by atoms with Gasteiger partial charge in [-0.1, -0.05) is 104 Å². The molecule has 1 saturated carbocycles. The highest BCUT2D eigenvalue weighted by Crippen LogP contribution is 2.35. The Balaban J connectivity index is 1.24. The minimum absolute atomic E-state index is 0.287. The standard InChI is InChI=1S/C39H50O11/c1-25-35(44-22-26-13-5-2-6-14-26)36(45-23-27-15-7-3-8-16-27)37(46-24-28-17-9-4-10-18-28)39(47-25)49-30-20-12-11-19-29(30)48-38-34(43)33(42)32(41)31(21-40)50-38/h2-10,13-18,25,29-43H,11-12,19-24H2,1H3. The summed E-state index contributed by atoms with van der Waals surface area (Å²) in [6.45, 7) is 2.38. The zero-order valence-electron chi connectivity index (χ0n) is 28.4. The van der Waals surface area contributed by atoms with Gasteiger partial charge in [0, 0.05) is 0 Å². The van der Waals surface area contributed by atoms with Crippen LogP contribution in [0.1, 0.15) is 49.3 Å². The van der Waals surface area contributed by atoms with Gasteiger partial charge in [-0.15, -0.1) is 0 Å². The van der Waals surface area contributed by atoms with Crippen molar-refractivity contribution >= 4 is 0 Å². The van der Waals surface area contributed by atoms with Gasteiger partial charge in [0.15, 0.2) is 12.6 Å². The molecule has 6 rings (SSSR count). The van der Waals surface area contributed by atoms with Crippen molar-refractivity contribution in [1.29, 1.82) is 0 Å². The zero-order chi connectivity index (χ0) is 34.9. The summed E-state index contributed by atoms with van der Waals surface area (Å²) >= 11 is 0. The van der Waals surface area contributed by atoms with Crippen LogP contribution in [0.25, 0.3) is 0 Å². The molecular weight excluding hydrogens is 644 g/mol. The zero-order valence-corrected chi connectivity index (χ0v) is 28.4. The molecule has 11 nitrogen and oxygen atoms in total. The lowest BCUT2D eigenvalue weighted by Gasteiger charge is -2.47. The predicted molar refractivity (Wildman–Crippen MR) is 181 cm³/mol. The molecule has 4 N–H and O–H groups in total. The first-order valence-electron chi connectivity index (χ1n) is 17.6. The third-order valence-corrected chi connectivity index (χ3v) is 9.69. The van der Waals surface area contributed by atoms with Crippen LogP contribution < -0.4 is 0 Å². The lowest BCUT2D eigenvalue weighted by molar-refractivity contribution is -0.350. The van der Waals surface area contributed by atoms with Crippen LogP contribution in [-0.2, 0) is 53.0 Å². The Morgan fingerprint density at radius 1 is 0.560 bits per heavy atom. The first-order chi connectivity index (χ1) is 24.4. The van der Waals surface area contributed by atoms with Gasteiger partial charge >= 0.3 is 0 Å². The fourth-order valence-corrected chi connectivity index (χ4v) is 6.88. The maximum Gasteiger partial charge on any atom is 0.187 e. The molecule has 3 aliphatic rings. The van der Waals surface area contributed by atoms with E-state index in [0.717, 1.165) is 29.5 Å². The average molecular weight is 695 g/mol. The van der Waals surface area contributed by atoms with E-state index >= 15 is 0 Å². The van der Waals surface area contributed by atoms with Gasteiger partial charge in [-0.25, -0.2) is 0 Å². The number of aliphatic hydroxyl groups excluding tert-OH is 4. The predicted octanol–water partition coefficient (Wildman–Crippen LogP) is 3.63. The van der Waals surface area contributed by atoms with E-state index in [-0.39, 0.29) is 6.61 Å². The Morgan fingerprint density at radius 3 is 1.52 bits per heavy atom.